The highest BCUT2D eigenvalue weighted by Crippen LogP contribution is 2.35. The van der Waals surface area contributed by atoms with Gasteiger partial charge in [0.05, 0.1) is 5.60 Å². The van der Waals surface area contributed by atoms with E-state index in [0.717, 1.165) is 12.8 Å². The summed E-state index contributed by atoms with van der Waals surface area (Å²) in [7, 11) is 0. The van der Waals surface area contributed by atoms with E-state index in [0.29, 0.717) is 11.8 Å². The molecule has 1 fully saturated rings. The molecule has 0 aromatic rings. The van der Waals surface area contributed by atoms with Gasteiger partial charge >= 0.3 is 0 Å². The topological polar surface area (TPSA) is 46.2 Å². The minimum atomic E-state index is -0.646. The Morgan fingerprint density at radius 2 is 1.91 bits per heavy atom. The number of nitrogens with two attached hydrogens (primary N) is 1. The second-order valence-electron chi connectivity index (χ2n) is 4.31. The van der Waals surface area contributed by atoms with E-state index < -0.39 is 5.60 Å². The molecule has 1 saturated carbocycles. The molecule has 11 heavy (non-hydrogen) atoms. The van der Waals surface area contributed by atoms with Crippen molar-refractivity contribution in [1.82, 2.24) is 0 Å². The summed E-state index contributed by atoms with van der Waals surface area (Å²) in [5.41, 5.74) is 5.20. The third kappa shape index (κ3) is 1.57. The van der Waals surface area contributed by atoms with Gasteiger partial charge in [-0.15, -0.1) is 0 Å². The Bertz CT molecular complexity index is 130. The fourth-order valence-corrected chi connectivity index (χ4v) is 1.98. The summed E-state index contributed by atoms with van der Waals surface area (Å²) in [6, 6.07) is -0.0405. The summed E-state index contributed by atoms with van der Waals surface area (Å²) < 4.78 is 0. The van der Waals surface area contributed by atoms with Crippen LogP contribution in [0, 0.1) is 11.8 Å². The Morgan fingerprint density at radius 1 is 1.36 bits per heavy atom. The minimum Gasteiger partial charge on any atom is -0.388 e. The molecule has 0 saturated heterocycles. The maximum atomic E-state index is 9.90. The van der Waals surface area contributed by atoms with Crippen molar-refractivity contribution in [3.63, 3.8) is 0 Å². The average Bonchev–Trinajstić information content (AvgIpc) is 1.84. The van der Waals surface area contributed by atoms with Gasteiger partial charge in [-0.1, -0.05) is 13.8 Å². The maximum Gasteiger partial charge on any atom is 0.0795 e. The Hall–Kier alpha value is -0.0800. The SMILES string of the molecule is C[C@H]1C[C@@H](N)[C@](C)(O)[C@@H](C)C1. The zero-order chi connectivity index (χ0) is 8.65. The monoisotopic (exact) mass is 157 g/mol. The van der Waals surface area contributed by atoms with Crippen LogP contribution < -0.4 is 5.73 Å². The molecule has 2 nitrogen and oxygen atoms in total. The lowest BCUT2D eigenvalue weighted by Gasteiger charge is -2.42. The first kappa shape index (κ1) is 9.01. The van der Waals surface area contributed by atoms with Crippen molar-refractivity contribution in [2.24, 2.45) is 17.6 Å². The third-order valence-electron chi connectivity index (χ3n) is 3.16. The van der Waals surface area contributed by atoms with Crippen LogP contribution in [0.1, 0.15) is 33.6 Å². The van der Waals surface area contributed by atoms with Crippen molar-refractivity contribution >= 4 is 0 Å². The lowest BCUT2D eigenvalue weighted by atomic mass is 9.70. The summed E-state index contributed by atoms with van der Waals surface area (Å²) in [6.07, 6.45) is 2.05. The van der Waals surface area contributed by atoms with Crippen LogP contribution in [0.4, 0.5) is 0 Å². The fourth-order valence-electron chi connectivity index (χ4n) is 1.98. The second-order valence-corrected chi connectivity index (χ2v) is 4.31. The molecule has 0 amide bonds. The van der Waals surface area contributed by atoms with Crippen LogP contribution in [0.5, 0.6) is 0 Å². The van der Waals surface area contributed by atoms with Crippen LogP contribution >= 0.6 is 0 Å². The van der Waals surface area contributed by atoms with E-state index in [1.165, 1.54) is 0 Å². The zero-order valence-electron chi connectivity index (χ0n) is 7.67. The summed E-state index contributed by atoms with van der Waals surface area (Å²) in [4.78, 5) is 0. The molecule has 0 bridgehead atoms. The Labute approximate surface area is 68.8 Å². The quantitative estimate of drug-likeness (QED) is 0.553. The predicted octanol–water partition coefficient (Wildman–Crippen LogP) is 1.13. The molecule has 0 spiro atoms. The number of hydrogen-bond acceptors (Lipinski definition) is 2. The first-order chi connectivity index (χ1) is 4.94. The predicted molar refractivity (Wildman–Crippen MR) is 46.2 cm³/mol. The molecule has 0 radical (unpaired) electrons. The van der Waals surface area contributed by atoms with Crippen molar-refractivity contribution in [3.8, 4) is 0 Å². The van der Waals surface area contributed by atoms with Gasteiger partial charge in [0.2, 0.25) is 0 Å². The van der Waals surface area contributed by atoms with Crippen molar-refractivity contribution in [1.29, 1.82) is 0 Å². The van der Waals surface area contributed by atoms with Gasteiger partial charge in [0.25, 0.3) is 0 Å². The molecule has 0 heterocycles. The van der Waals surface area contributed by atoms with Gasteiger partial charge in [-0.25, -0.2) is 0 Å². The smallest absolute Gasteiger partial charge is 0.0795 e. The molecule has 2 heteroatoms. The molecule has 0 unspecified atom stereocenters. The molecule has 1 aliphatic carbocycles. The molecule has 1 rings (SSSR count). The highest BCUT2D eigenvalue weighted by Gasteiger charge is 2.40. The normalized spacial score (nSPS) is 52.6. The standard InChI is InChI=1S/C9H19NO/c1-6-4-7(2)9(3,11)8(10)5-6/h6-8,11H,4-5,10H2,1-3H3/t6-,7+,8-,9-/m1/s1. The summed E-state index contributed by atoms with van der Waals surface area (Å²) in [5.74, 6) is 1.00. The van der Waals surface area contributed by atoms with E-state index in [1.807, 2.05) is 6.92 Å². The molecule has 4 atom stereocenters. The van der Waals surface area contributed by atoms with Crippen LogP contribution in [-0.2, 0) is 0 Å². The van der Waals surface area contributed by atoms with E-state index in [9.17, 15) is 5.11 Å². The van der Waals surface area contributed by atoms with Gasteiger partial charge in [-0.2, -0.15) is 0 Å². The van der Waals surface area contributed by atoms with Crippen LogP contribution in [-0.4, -0.2) is 16.7 Å². The highest BCUT2D eigenvalue weighted by atomic mass is 16.3. The van der Waals surface area contributed by atoms with E-state index in [1.54, 1.807) is 0 Å². The largest absolute Gasteiger partial charge is 0.388 e. The first-order valence-electron chi connectivity index (χ1n) is 4.42. The van der Waals surface area contributed by atoms with E-state index >= 15 is 0 Å². The molecular formula is C9H19NO. The third-order valence-corrected chi connectivity index (χ3v) is 3.16. The molecule has 0 aliphatic heterocycles. The minimum absolute atomic E-state index is 0.0405. The zero-order valence-corrected chi connectivity index (χ0v) is 7.67. The van der Waals surface area contributed by atoms with Gasteiger partial charge in [0.15, 0.2) is 0 Å². The highest BCUT2D eigenvalue weighted by molar-refractivity contribution is 4.95. The van der Waals surface area contributed by atoms with Crippen molar-refractivity contribution in [2.45, 2.75) is 45.3 Å². The lowest BCUT2D eigenvalue weighted by molar-refractivity contribution is -0.0533. The van der Waals surface area contributed by atoms with Gasteiger partial charge in [0, 0.05) is 6.04 Å². The summed E-state index contributed by atoms with van der Waals surface area (Å²) in [5, 5.41) is 9.90. The number of aliphatic hydroxyl groups is 1. The van der Waals surface area contributed by atoms with Crippen LogP contribution in [0.15, 0.2) is 0 Å². The molecular weight excluding hydrogens is 138 g/mol. The van der Waals surface area contributed by atoms with Gasteiger partial charge in [-0.05, 0) is 31.6 Å². The fraction of sp³-hybridized carbons (Fsp3) is 1.00. The van der Waals surface area contributed by atoms with Crippen molar-refractivity contribution in [2.75, 3.05) is 0 Å². The molecule has 1 aliphatic rings. The Kier molecular flexibility index (Phi) is 2.26. The van der Waals surface area contributed by atoms with Crippen LogP contribution in [0.2, 0.25) is 0 Å². The van der Waals surface area contributed by atoms with Crippen LogP contribution in [0.25, 0.3) is 0 Å². The summed E-state index contributed by atoms with van der Waals surface area (Å²) in [6.45, 7) is 6.13. The Morgan fingerprint density at radius 3 is 2.36 bits per heavy atom. The first-order valence-corrected chi connectivity index (χ1v) is 4.42. The summed E-state index contributed by atoms with van der Waals surface area (Å²) >= 11 is 0. The molecule has 3 N–H and O–H groups in total. The van der Waals surface area contributed by atoms with Crippen molar-refractivity contribution < 1.29 is 5.11 Å². The number of rotatable bonds is 0. The van der Waals surface area contributed by atoms with Gasteiger partial charge in [-0.3, -0.25) is 0 Å². The average molecular weight is 157 g/mol. The number of hydrogen-bond donors (Lipinski definition) is 2. The second kappa shape index (κ2) is 2.76. The van der Waals surface area contributed by atoms with Crippen molar-refractivity contribution in [3.05, 3.63) is 0 Å². The van der Waals surface area contributed by atoms with E-state index in [4.69, 9.17) is 5.73 Å². The molecule has 66 valence electrons. The maximum absolute atomic E-state index is 9.90. The van der Waals surface area contributed by atoms with E-state index in [-0.39, 0.29) is 6.04 Å². The van der Waals surface area contributed by atoms with Crippen LogP contribution in [0.3, 0.4) is 0 Å². The molecule has 0 aromatic carbocycles. The molecule has 0 aromatic heterocycles. The van der Waals surface area contributed by atoms with E-state index in [2.05, 4.69) is 13.8 Å². The van der Waals surface area contributed by atoms with Gasteiger partial charge in [0.1, 0.15) is 0 Å². The lowest BCUT2D eigenvalue weighted by Crippen LogP contribution is -2.54. The van der Waals surface area contributed by atoms with Gasteiger partial charge < -0.3 is 10.8 Å². The Balaban J connectivity index is 2.67.